The summed E-state index contributed by atoms with van der Waals surface area (Å²) >= 11 is 1.31. The number of benzene rings is 1. The van der Waals surface area contributed by atoms with Crippen LogP contribution in [0.3, 0.4) is 0 Å². The highest BCUT2D eigenvalue weighted by atomic mass is 32.2. The maximum absolute atomic E-state index is 13.0. The molecule has 0 aliphatic heterocycles. The molecule has 0 saturated carbocycles. The molecule has 2 rings (SSSR count). The Bertz CT molecular complexity index is 882. The molecule has 148 valence electrons. The fourth-order valence-electron chi connectivity index (χ4n) is 2.39. The number of carbonyl (C=O) groups excluding carboxylic acids is 1. The average Bonchev–Trinajstić information content (AvgIpc) is 3.05. The molecule has 1 amide bonds. The van der Waals surface area contributed by atoms with Gasteiger partial charge in [0.2, 0.25) is 0 Å². The first-order valence-corrected chi connectivity index (χ1v) is 10.7. The molecule has 0 saturated heterocycles. The van der Waals surface area contributed by atoms with Gasteiger partial charge in [-0.3, -0.25) is 4.79 Å². The van der Waals surface area contributed by atoms with Gasteiger partial charge < -0.3 is 10.4 Å². The normalized spacial score (nSPS) is 14.1. The Morgan fingerprint density at radius 2 is 1.81 bits per heavy atom. The topological polar surface area (TPSA) is 83.5 Å². The lowest BCUT2D eigenvalue weighted by atomic mass is 10.0. The van der Waals surface area contributed by atoms with E-state index in [2.05, 4.69) is 0 Å². The SMILES string of the molecule is CS(=O)(=O)Cc1ccc(-c2ccc(C(O)C(CF)NC(=O)C(F)F)cc2)s1. The zero-order valence-electron chi connectivity index (χ0n) is 14.2. The van der Waals surface area contributed by atoms with E-state index in [4.69, 9.17) is 0 Å². The highest BCUT2D eigenvalue weighted by Gasteiger charge is 2.26. The second kappa shape index (κ2) is 8.85. The molecular formula is C17H18F3NO4S2. The van der Waals surface area contributed by atoms with Crippen molar-refractivity contribution in [2.75, 3.05) is 12.9 Å². The average molecular weight is 421 g/mol. The van der Waals surface area contributed by atoms with E-state index in [0.717, 1.165) is 16.7 Å². The third-order valence-electron chi connectivity index (χ3n) is 3.68. The van der Waals surface area contributed by atoms with Crippen molar-refractivity contribution in [3.8, 4) is 10.4 Å². The lowest BCUT2D eigenvalue weighted by Gasteiger charge is -2.21. The quantitative estimate of drug-likeness (QED) is 0.687. The van der Waals surface area contributed by atoms with Crippen molar-refractivity contribution in [3.63, 3.8) is 0 Å². The molecule has 1 aromatic heterocycles. The van der Waals surface area contributed by atoms with Crippen LogP contribution in [0.4, 0.5) is 13.2 Å². The Morgan fingerprint density at radius 1 is 1.19 bits per heavy atom. The molecule has 2 atom stereocenters. The Hall–Kier alpha value is -1.91. The molecule has 0 fully saturated rings. The molecule has 1 heterocycles. The summed E-state index contributed by atoms with van der Waals surface area (Å²) in [5, 5.41) is 11.9. The summed E-state index contributed by atoms with van der Waals surface area (Å²) in [6.07, 6.45) is -3.64. The van der Waals surface area contributed by atoms with E-state index in [0.29, 0.717) is 4.88 Å². The Labute approximate surface area is 158 Å². The minimum Gasteiger partial charge on any atom is -0.386 e. The summed E-state index contributed by atoms with van der Waals surface area (Å²) in [6, 6.07) is 8.26. The third kappa shape index (κ3) is 6.05. The van der Waals surface area contributed by atoms with Crippen LogP contribution in [0, 0.1) is 0 Å². The first-order chi connectivity index (χ1) is 12.6. The highest BCUT2D eigenvalue weighted by Crippen LogP contribution is 2.30. The lowest BCUT2D eigenvalue weighted by Crippen LogP contribution is -2.43. The zero-order chi connectivity index (χ0) is 20.2. The monoisotopic (exact) mass is 421 g/mol. The summed E-state index contributed by atoms with van der Waals surface area (Å²) in [6.45, 7) is -1.21. The van der Waals surface area contributed by atoms with Gasteiger partial charge in [0.1, 0.15) is 12.8 Å². The van der Waals surface area contributed by atoms with E-state index >= 15 is 0 Å². The highest BCUT2D eigenvalue weighted by molar-refractivity contribution is 7.90. The van der Waals surface area contributed by atoms with Gasteiger partial charge in [0, 0.05) is 16.0 Å². The van der Waals surface area contributed by atoms with Gasteiger partial charge in [-0.25, -0.2) is 12.8 Å². The van der Waals surface area contributed by atoms with E-state index < -0.39 is 41.0 Å². The molecule has 0 spiro atoms. The number of thiophene rings is 1. The minimum absolute atomic E-state index is 0.0590. The molecule has 10 heteroatoms. The Balaban J connectivity index is 2.13. The van der Waals surface area contributed by atoms with Crippen LogP contribution < -0.4 is 5.32 Å². The number of amides is 1. The van der Waals surface area contributed by atoms with Crippen molar-refractivity contribution in [1.82, 2.24) is 5.32 Å². The minimum atomic E-state index is -3.30. The maximum Gasteiger partial charge on any atom is 0.315 e. The van der Waals surface area contributed by atoms with Crippen molar-refractivity contribution in [3.05, 3.63) is 46.8 Å². The van der Waals surface area contributed by atoms with Crippen LogP contribution in [0.15, 0.2) is 36.4 Å². The second-order valence-corrected chi connectivity index (χ2v) is 9.28. The molecule has 2 N–H and O–H groups in total. The van der Waals surface area contributed by atoms with E-state index in [9.17, 15) is 31.5 Å². The third-order valence-corrected chi connectivity index (χ3v) is 5.83. The molecular weight excluding hydrogens is 403 g/mol. The van der Waals surface area contributed by atoms with Gasteiger partial charge in [-0.2, -0.15) is 8.78 Å². The smallest absolute Gasteiger partial charge is 0.315 e. The van der Waals surface area contributed by atoms with Gasteiger partial charge >= 0.3 is 6.43 Å². The van der Waals surface area contributed by atoms with Gasteiger partial charge in [-0.15, -0.1) is 11.3 Å². The number of aliphatic hydroxyl groups excluding tert-OH is 1. The van der Waals surface area contributed by atoms with Crippen LogP contribution in [0.25, 0.3) is 10.4 Å². The van der Waals surface area contributed by atoms with Gasteiger partial charge in [0.05, 0.1) is 11.8 Å². The van der Waals surface area contributed by atoms with Crippen molar-refractivity contribution < 1.29 is 31.5 Å². The molecule has 0 aliphatic carbocycles. The molecule has 0 bridgehead atoms. The maximum atomic E-state index is 13.0. The predicted octanol–water partition coefficient (Wildman–Crippen LogP) is 2.71. The van der Waals surface area contributed by atoms with E-state index in [1.807, 2.05) is 0 Å². The van der Waals surface area contributed by atoms with Crippen molar-refractivity contribution in [1.29, 1.82) is 0 Å². The van der Waals surface area contributed by atoms with Crippen LogP contribution >= 0.6 is 11.3 Å². The molecule has 2 aromatic rings. The van der Waals surface area contributed by atoms with E-state index in [1.165, 1.54) is 23.5 Å². The van der Waals surface area contributed by atoms with Crippen LogP contribution in [0.5, 0.6) is 0 Å². The van der Waals surface area contributed by atoms with Crippen LogP contribution in [-0.4, -0.2) is 44.8 Å². The summed E-state index contributed by atoms with van der Waals surface area (Å²) in [5.74, 6) is -1.71. The summed E-state index contributed by atoms with van der Waals surface area (Å²) < 4.78 is 60.3. The molecule has 0 radical (unpaired) electrons. The number of hydrogen-bond donors (Lipinski definition) is 2. The molecule has 5 nitrogen and oxygen atoms in total. The number of halogens is 3. The number of hydrogen-bond acceptors (Lipinski definition) is 5. The number of aliphatic hydroxyl groups is 1. The number of alkyl halides is 3. The van der Waals surface area contributed by atoms with Gasteiger partial charge in [0.25, 0.3) is 5.91 Å². The van der Waals surface area contributed by atoms with E-state index in [-0.39, 0.29) is 11.3 Å². The summed E-state index contributed by atoms with van der Waals surface area (Å²) in [4.78, 5) is 12.5. The van der Waals surface area contributed by atoms with Crippen molar-refractivity contribution in [2.24, 2.45) is 0 Å². The fraction of sp³-hybridized carbons (Fsp3) is 0.353. The first kappa shape index (κ1) is 21.4. The van der Waals surface area contributed by atoms with Crippen LogP contribution in [-0.2, 0) is 20.4 Å². The Kier molecular flexibility index (Phi) is 7.01. The van der Waals surface area contributed by atoms with E-state index in [1.54, 1.807) is 29.6 Å². The number of nitrogens with one attached hydrogen (secondary N) is 1. The van der Waals surface area contributed by atoms with Crippen LogP contribution in [0.1, 0.15) is 16.5 Å². The predicted molar refractivity (Wildman–Crippen MR) is 97.2 cm³/mol. The van der Waals surface area contributed by atoms with Gasteiger partial charge in [0.15, 0.2) is 9.84 Å². The van der Waals surface area contributed by atoms with Crippen molar-refractivity contribution >= 4 is 27.1 Å². The lowest BCUT2D eigenvalue weighted by molar-refractivity contribution is -0.133. The van der Waals surface area contributed by atoms with Crippen LogP contribution in [0.2, 0.25) is 0 Å². The number of carbonyl (C=O) groups is 1. The summed E-state index contributed by atoms with van der Waals surface area (Å²) in [5.41, 5.74) is 1.01. The molecule has 27 heavy (non-hydrogen) atoms. The number of sulfone groups is 1. The largest absolute Gasteiger partial charge is 0.386 e. The molecule has 0 aliphatic rings. The second-order valence-electron chi connectivity index (χ2n) is 5.97. The zero-order valence-corrected chi connectivity index (χ0v) is 15.9. The first-order valence-electron chi connectivity index (χ1n) is 7.80. The number of rotatable bonds is 8. The van der Waals surface area contributed by atoms with Gasteiger partial charge in [-0.1, -0.05) is 24.3 Å². The Morgan fingerprint density at radius 3 is 2.33 bits per heavy atom. The van der Waals surface area contributed by atoms with Gasteiger partial charge in [-0.05, 0) is 23.3 Å². The summed E-state index contributed by atoms with van der Waals surface area (Å²) in [7, 11) is -3.14. The fourth-order valence-corrected chi connectivity index (χ4v) is 4.69. The molecule has 1 aromatic carbocycles. The standard InChI is InChI=1S/C17H18F3NO4S2/c1-27(24,25)9-12-6-7-14(26-12)10-2-4-11(5-3-10)15(22)13(8-18)21-17(23)16(19)20/h2-7,13,15-16,22H,8-9H2,1H3,(H,21,23). The molecule has 2 unspecified atom stereocenters. The van der Waals surface area contributed by atoms with Crippen molar-refractivity contribution in [2.45, 2.75) is 24.3 Å².